The van der Waals surface area contributed by atoms with E-state index in [9.17, 15) is 0 Å². The lowest BCUT2D eigenvalue weighted by molar-refractivity contribution is 0.0664. The van der Waals surface area contributed by atoms with Crippen LogP contribution in [0.25, 0.3) is 0 Å². The van der Waals surface area contributed by atoms with Crippen LogP contribution in [0.4, 0.5) is 0 Å². The van der Waals surface area contributed by atoms with E-state index in [2.05, 4.69) is 28.3 Å². The van der Waals surface area contributed by atoms with Gasteiger partial charge in [-0.15, -0.1) is 13.2 Å². The van der Waals surface area contributed by atoms with Gasteiger partial charge in [-0.2, -0.15) is 0 Å². The molecule has 1 fully saturated rings. The number of nitrogens with zero attached hydrogens (tertiary/aromatic N) is 2. The maximum atomic E-state index is 5.53. The van der Waals surface area contributed by atoms with E-state index < -0.39 is 0 Å². The molecule has 0 saturated carbocycles. The van der Waals surface area contributed by atoms with Crippen molar-refractivity contribution in [1.29, 1.82) is 0 Å². The number of rotatable bonds is 9. The first-order valence-electron chi connectivity index (χ1n) is 9.03. The number of hydrogen-bond acceptors (Lipinski definition) is 5. The molecule has 142 valence electrons. The van der Waals surface area contributed by atoms with Crippen molar-refractivity contribution >= 4 is 0 Å². The van der Waals surface area contributed by atoms with Crippen LogP contribution in [0, 0.1) is 0 Å². The van der Waals surface area contributed by atoms with Gasteiger partial charge < -0.3 is 14.8 Å². The van der Waals surface area contributed by atoms with Gasteiger partial charge in [0.25, 0.3) is 0 Å². The van der Waals surface area contributed by atoms with Gasteiger partial charge in [-0.3, -0.25) is 9.80 Å². The molecule has 0 unspecified atom stereocenters. The average molecular weight is 334 g/mol. The van der Waals surface area contributed by atoms with Crippen LogP contribution in [0.1, 0.15) is 27.7 Å². The van der Waals surface area contributed by atoms with Crippen LogP contribution >= 0.6 is 0 Å². The normalized spacial score (nSPS) is 14.5. The third-order valence-corrected chi connectivity index (χ3v) is 3.12. The van der Waals surface area contributed by atoms with E-state index in [4.69, 9.17) is 9.47 Å². The quantitative estimate of drug-likeness (QED) is 0.518. The summed E-state index contributed by atoms with van der Waals surface area (Å²) in [7, 11) is 3.71. The van der Waals surface area contributed by atoms with Gasteiger partial charge >= 0.3 is 0 Å². The molecule has 0 radical (unpaired) electrons. The summed E-state index contributed by atoms with van der Waals surface area (Å²) in [6.07, 6.45) is 0. The van der Waals surface area contributed by atoms with Crippen LogP contribution in [0.3, 0.4) is 0 Å². The molecule has 1 saturated heterocycles. The molecule has 1 aliphatic heterocycles. The number of methoxy groups -OCH3 is 1. The van der Waals surface area contributed by atoms with Gasteiger partial charge in [0.05, 0.1) is 19.8 Å². The van der Waals surface area contributed by atoms with Crippen molar-refractivity contribution in [1.82, 2.24) is 15.1 Å². The van der Waals surface area contributed by atoms with Crippen molar-refractivity contribution in [2.24, 2.45) is 0 Å². The average Bonchev–Trinajstić information content (AvgIpc) is 2.66. The Labute approximate surface area is 146 Å². The minimum Gasteiger partial charge on any atom is -0.383 e. The summed E-state index contributed by atoms with van der Waals surface area (Å²) in [5, 5.41) is 3.07. The Morgan fingerprint density at radius 2 is 1.26 bits per heavy atom. The van der Waals surface area contributed by atoms with Crippen molar-refractivity contribution in [2.45, 2.75) is 27.7 Å². The van der Waals surface area contributed by atoms with Gasteiger partial charge in [-0.25, -0.2) is 0 Å². The van der Waals surface area contributed by atoms with Gasteiger partial charge in [0.1, 0.15) is 0 Å². The maximum Gasteiger partial charge on any atom is 0.0594 e. The number of piperazine rings is 1. The highest BCUT2D eigenvalue weighted by Gasteiger charge is 2.15. The highest BCUT2D eigenvalue weighted by atomic mass is 16.5. The third kappa shape index (κ3) is 19.5. The Bertz CT molecular complexity index is 184. The third-order valence-electron chi connectivity index (χ3n) is 3.12. The molecule has 1 N–H and O–H groups in total. The lowest BCUT2D eigenvalue weighted by Gasteiger charge is -2.34. The molecule has 0 aromatic carbocycles. The Morgan fingerprint density at radius 3 is 1.65 bits per heavy atom. The Balaban J connectivity index is -0.000000595. The summed E-state index contributed by atoms with van der Waals surface area (Å²) in [6.45, 7) is 24.2. The summed E-state index contributed by atoms with van der Waals surface area (Å²) in [5.41, 5.74) is 0. The summed E-state index contributed by atoms with van der Waals surface area (Å²) < 4.78 is 10.6. The van der Waals surface area contributed by atoms with Gasteiger partial charge in [0.2, 0.25) is 0 Å². The van der Waals surface area contributed by atoms with E-state index in [0.29, 0.717) is 0 Å². The SMILES string of the molecule is C=C.CC.CC.CNCCOCCN1CCN(CCOC)CC1. The van der Waals surface area contributed by atoms with Gasteiger partial charge in [-0.05, 0) is 7.05 Å². The van der Waals surface area contributed by atoms with Crippen molar-refractivity contribution in [3.63, 3.8) is 0 Å². The molecule has 5 nitrogen and oxygen atoms in total. The maximum absolute atomic E-state index is 5.53. The molecular weight excluding hydrogens is 290 g/mol. The zero-order valence-electron chi connectivity index (χ0n) is 16.7. The van der Waals surface area contributed by atoms with Crippen molar-refractivity contribution in [2.75, 3.05) is 79.8 Å². The standard InChI is InChI=1S/C12H27N3O2.2C2H6.C2H4/c1-13-3-10-17-12-9-15-6-4-14(5-7-15)8-11-16-2;3*1-2/h13H,3-12H2,1-2H3;2*1-2H3;1-2H2. The summed E-state index contributed by atoms with van der Waals surface area (Å²) >= 11 is 0. The second-order valence-corrected chi connectivity index (χ2v) is 4.39. The second-order valence-electron chi connectivity index (χ2n) is 4.39. The van der Waals surface area contributed by atoms with Gasteiger partial charge in [0.15, 0.2) is 0 Å². The molecule has 1 rings (SSSR count). The molecule has 23 heavy (non-hydrogen) atoms. The second kappa shape index (κ2) is 26.4. The van der Waals surface area contributed by atoms with Crippen LogP contribution in [0.5, 0.6) is 0 Å². The van der Waals surface area contributed by atoms with Gasteiger partial charge in [-0.1, -0.05) is 27.7 Å². The Hall–Kier alpha value is -0.460. The molecule has 0 aromatic heterocycles. The number of ether oxygens (including phenoxy) is 2. The first-order chi connectivity index (χ1) is 11.4. The van der Waals surface area contributed by atoms with Crippen LogP contribution in [-0.2, 0) is 9.47 Å². The number of nitrogens with one attached hydrogen (secondary N) is 1. The summed E-state index contributed by atoms with van der Waals surface area (Å²) in [6, 6.07) is 0. The highest BCUT2D eigenvalue weighted by Crippen LogP contribution is 2.00. The first-order valence-corrected chi connectivity index (χ1v) is 9.03. The molecule has 0 aromatic rings. The zero-order chi connectivity index (χ0) is 18.3. The van der Waals surface area contributed by atoms with Crippen LogP contribution in [0.15, 0.2) is 13.2 Å². The number of hydrogen-bond donors (Lipinski definition) is 1. The summed E-state index contributed by atoms with van der Waals surface area (Å²) in [5.74, 6) is 0. The topological polar surface area (TPSA) is 37.0 Å². The van der Waals surface area contributed by atoms with E-state index in [1.165, 1.54) is 0 Å². The van der Waals surface area contributed by atoms with E-state index >= 15 is 0 Å². The predicted molar refractivity (Wildman–Crippen MR) is 103 cm³/mol. The fourth-order valence-corrected chi connectivity index (χ4v) is 1.93. The zero-order valence-corrected chi connectivity index (χ0v) is 16.7. The minimum absolute atomic E-state index is 0.810. The first kappa shape index (κ1) is 27.4. The van der Waals surface area contributed by atoms with Crippen molar-refractivity contribution in [3.05, 3.63) is 13.2 Å². The van der Waals surface area contributed by atoms with E-state index in [0.717, 1.165) is 65.6 Å². The molecule has 5 heteroatoms. The van der Waals surface area contributed by atoms with Crippen LogP contribution < -0.4 is 5.32 Å². The minimum atomic E-state index is 0.810. The van der Waals surface area contributed by atoms with Crippen LogP contribution in [0.2, 0.25) is 0 Å². The largest absolute Gasteiger partial charge is 0.383 e. The molecule has 1 aliphatic rings. The predicted octanol–water partition coefficient (Wildman–Crippen LogP) is 2.34. The highest BCUT2D eigenvalue weighted by molar-refractivity contribution is 4.71. The molecule has 0 amide bonds. The molecule has 0 bridgehead atoms. The van der Waals surface area contributed by atoms with E-state index in [-0.39, 0.29) is 0 Å². The van der Waals surface area contributed by atoms with Crippen LogP contribution in [-0.4, -0.2) is 89.6 Å². The molecule has 1 heterocycles. The molecular formula is C18H43N3O2. The monoisotopic (exact) mass is 333 g/mol. The van der Waals surface area contributed by atoms with E-state index in [1.807, 2.05) is 34.7 Å². The Morgan fingerprint density at radius 1 is 0.826 bits per heavy atom. The lowest BCUT2D eigenvalue weighted by atomic mass is 10.3. The smallest absolute Gasteiger partial charge is 0.0594 e. The van der Waals surface area contributed by atoms with E-state index in [1.54, 1.807) is 7.11 Å². The molecule has 0 spiro atoms. The van der Waals surface area contributed by atoms with Crippen molar-refractivity contribution in [3.8, 4) is 0 Å². The molecule has 0 aliphatic carbocycles. The lowest BCUT2D eigenvalue weighted by Crippen LogP contribution is -2.48. The van der Waals surface area contributed by atoms with Crippen molar-refractivity contribution < 1.29 is 9.47 Å². The fraction of sp³-hybridized carbons (Fsp3) is 0.889. The Kier molecular flexibility index (Phi) is 31.5. The summed E-state index contributed by atoms with van der Waals surface area (Å²) in [4.78, 5) is 4.94. The number of likely N-dealkylation sites (N-methyl/N-ethyl adjacent to an activating group) is 1. The van der Waals surface area contributed by atoms with Gasteiger partial charge in [0, 0.05) is 52.9 Å². The fourth-order valence-electron chi connectivity index (χ4n) is 1.93. The molecule has 0 atom stereocenters.